The standard InChI is InChI=1S/C19H29NO4/c1-3-13(2)12-24-10-9-23-8-4-7-20-18(21)16-14-5-6-15(11-14)17(16)19(20)22/h5-6,13-17H,3-4,7-12H2,1-2H3/t13-,14-,15-,16-,17+/m0/s1. The van der Waals surface area contributed by atoms with Crippen molar-refractivity contribution in [2.24, 2.45) is 29.6 Å². The quantitative estimate of drug-likeness (QED) is 0.349. The zero-order chi connectivity index (χ0) is 17.1. The fourth-order valence-electron chi connectivity index (χ4n) is 4.13. The third-order valence-corrected chi connectivity index (χ3v) is 5.70. The molecule has 2 amide bonds. The monoisotopic (exact) mass is 335 g/mol. The summed E-state index contributed by atoms with van der Waals surface area (Å²) in [5.41, 5.74) is 0. The first-order valence-electron chi connectivity index (χ1n) is 9.32. The lowest BCUT2D eigenvalue weighted by atomic mass is 9.85. The Morgan fingerprint density at radius 1 is 1.08 bits per heavy atom. The largest absolute Gasteiger partial charge is 0.379 e. The molecule has 24 heavy (non-hydrogen) atoms. The van der Waals surface area contributed by atoms with Gasteiger partial charge < -0.3 is 9.47 Å². The Kier molecular flexibility index (Phi) is 5.72. The molecule has 0 N–H and O–H groups in total. The molecule has 1 saturated heterocycles. The van der Waals surface area contributed by atoms with Gasteiger partial charge in [0, 0.05) is 19.8 Å². The third-order valence-electron chi connectivity index (χ3n) is 5.70. The summed E-state index contributed by atoms with van der Waals surface area (Å²) in [6.45, 7) is 7.31. The number of hydrogen-bond acceptors (Lipinski definition) is 4. The molecule has 3 aliphatic rings. The van der Waals surface area contributed by atoms with Crippen LogP contribution in [0.1, 0.15) is 33.1 Å². The molecule has 0 unspecified atom stereocenters. The summed E-state index contributed by atoms with van der Waals surface area (Å²) >= 11 is 0. The van der Waals surface area contributed by atoms with Gasteiger partial charge in [0.25, 0.3) is 0 Å². The second-order valence-electron chi connectivity index (χ2n) is 7.38. The lowest BCUT2D eigenvalue weighted by Crippen LogP contribution is -2.34. The van der Waals surface area contributed by atoms with Crippen LogP contribution >= 0.6 is 0 Å². The molecule has 5 atom stereocenters. The molecule has 5 heteroatoms. The number of carbonyl (C=O) groups excluding carboxylic acids is 2. The van der Waals surface area contributed by atoms with Gasteiger partial charge in [-0.1, -0.05) is 32.4 Å². The van der Waals surface area contributed by atoms with E-state index in [4.69, 9.17) is 9.47 Å². The highest BCUT2D eigenvalue weighted by molar-refractivity contribution is 6.06. The van der Waals surface area contributed by atoms with Crippen LogP contribution in [0, 0.1) is 29.6 Å². The van der Waals surface area contributed by atoms with E-state index in [0.29, 0.717) is 50.5 Å². The van der Waals surface area contributed by atoms with Crippen LogP contribution in [-0.4, -0.2) is 49.7 Å². The van der Waals surface area contributed by atoms with Crippen LogP contribution in [0.5, 0.6) is 0 Å². The van der Waals surface area contributed by atoms with E-state index in [9.17, 15) is 9.59 Å². The average Bonchev–Trinajstić information content (AvgIpc) is 3.25. The molecule has 0 aromatic rings. The molecule has 1 saturated carbocycles. The first-order valence-corrected chi connectivity index (χ1v) is 9.32. The van der Waals surface area contributed by atoms with Crippen molar-refractivity contribution in [2.45, 2.75) is 33.1 Å². The van der Waals surface area contributed by atoms with Crippen LogP contribution < -0.4 is 0 Å². The van der Waals surface area contributed by atoms with Crippen molar-refractivity contribution in [3.8, 4) is 0 Å². The Balaban J connectivity index is 1.31. The number of allylic oxidation sites excluding steroid dienone is 2. The van der Waals surface area contributed by atoms with Gasteiger partial charge in [-0.05, 0) is 30.6 Å². The van der Waals surface area contributed by atoms with E-state index in [-0.39, 0.29) is 23.7 Å². The number of hydrogen-bond donors (Lipinski definition) is 0. The van der Waals surface area contributed by atoms with Gasteiger partial charge in [0.15, 0.2) is 0 Å². The Labute approximate surface area is 144 Å². The maximum Gasteiger partial charge on any atom is 0.233 e. The SMILES string of the molecule is CC[C@H](C)COCCOCCCN1C(=O)[C@@H]2[C@H](C1=O)[C@H]1C=C[C@H]2C1. The van der Waals surface area contributed by atoms with E-state index >= 15 is 0 Å². The highest BCUT2D eigenvalue weighted by Crippen LogP contribution is 2.52. The van der Waals surface area contributed by atoms with Crippen LogP contribution in [0.4, 0.5) is 0 Å². The number of amides is 2. The van der Waals surface area contributed by atoms with Gasteiger partial charge in [-0.2, -0.15) is 0 Å². The van der Waals surface area contributed by atoms with E-state index in [1.807, 2.05) is 0 Å². The molecule has 1 heterocycles. The summed E-state index contributed by atoms with van der Waals surface area (Å²) in [5.74, 6) is 1.09. The van der Waals surface area contributed by atoms with Gasteiger partial charge in [-0.15, -0.1) is 0 Å². The summed E-state index contributed by atoms with van der Waals surface area (Å²) in [7, 11) is 0. The summed E-state index contributed by atoms with van der Waals surface area (Å²) in [6.07, 6.45) is 7.06. The predicted octanol–water partition coefficient (Wildman–Crippen LogP) is 2.26. The zero-order valence-electron chi connectivity index (χ0n) is 14.8. The molecule has 1 aliphatic heterocycles. The van der Waals surface area contributed by atoms with E-state index in [1.165, 1.54) is 4.90 Å². The van der Waals surface area contributed by atoms with Gasteiger partial charge in [-0.3, -0.25) is 14.5 Å². The molecule has 5 nitrogen and oxygen atoms in total. The summed E-state index contributed by atoms with van der Waals surface area (Å²) < 4.78 is 11.1. The summed E-state index contributed by atoms with van der Waals surface area (Å²) in [5, 5.41) is 0. The first-order chi connectivity index (χ1) is 11.6. The minimum atomic E-state index is -0.0811. The van der Waals surface area contributed by atoms with E-state index in [0.717, 1.165) is 19.4 Å². The van der Waals surface area contributed by atoms with Crippen molar-refractivity contribution < 1.29 is 19.1 Å². The fourth-order valence-corrected chi connectivity index (χ4v) is 4.13. The number of carbonyl (C=O) groups is 2. The minimum Gasteiger partial charge on any atom is -0.379 e. The van der Waals surface area contributed by atoms with Crippen LogP contribution in [0.2, 0.25) is 0 Å². The van der Waals surface area contributed by atoms with E-state index in [1.54, 1.807) is 0 Å². The molecule has 2 fully saturated rings. The van der Waals surface area contributed by atoms with Crippen molar-refractivity contribution in [3.63, 3.8) is 0 Å². The highest BCUT2D eigenvalue weighted by Gasteiger charge is 2.58. The molecular weight excluding hydrogens is 306 g/mol. The number of ether oxygens (including phenoxy) is 2. The maximum atomic E-state index is 12.5. The van der Waals surface area contributed by atoms with Crippen LogP contribution in [0.25, 0.3) is 0 Å². The molecule has 0 spiro atoms. The Bertz CT molecular complexity index is 474. The lowest BCUT2D eigenvalue weighted by molar-refractivity contribution is -0.140. The molecule has 3 rings (SSSR count). The van der Waals surface area contributed by atoms with Crippen LogP contribution in [0.15, 0.2) is 12.2 Å². The normalized spacial score (nSPS) is 32.0. The number of nitrogens with zero attached hydrogens (tertiary/aromatic N) is 1. The molecular formula is C19H29NO4. The molecule has 2 aliphatic carbocycles. The molecule has 0 aromatic carbocycles. The summed E-state index contributed by atoms with van der Waals surface area (Å²) in [6, 6.07) is 0. The van der Waals surface area contributed by atoms with E-state index < -0.39 is 0 Å². The lowest BCUT2D eigenvalue weighted by Gasteiger charge is -2.17. The van der Waals surface area contributed by atoms with Gasteiger partial charge in [0.05, 0.1) is 25.0 Å². The average molecular weight is 335 g/mol. The second-order valence-corrected chi connectivity index (χ2v) is 7.38. The van der Waals surface area contributed by atoms with Crippen LogP contribution in [-0.2, 0) is 19.1 Å². The molecule has 2 bridgehead atoms. The van der Waals surface area contributed by atoms with Gasteiger partial charge in [0.1, 0.15) is 0 Å². The molecule has 0 aromatic heterocycles. The zero-order valence-corrected chi connectivity index (χ0v) is 14.8. The number of imide groups is 1. The Morgan fingerprint density at radius 2 is 1.71 bits per heavy atom. The van der Waals surface area contributed by atoms with Crippen molar-refractivity contribution in [1.29, 1.82) is 0 Å². The molecule has 0 radical (unpaired) electrons. The van der Waals surface area contributed by atoms with Crippen molar-refractivity contribution in [3.05, 3.63) is 12.2 Å². The summed E-state index contributed by atoms with van der Waals surface area (Å²) in [4.78, 5) is 26.5. The van der Waals surface area contributed by atoms with Gasteiger partial charge in [0.2, 0.25) is 11.8 Å². The number of likely N-dealkylation sites (tertiary alicyclic amines) is 1. The van der Waals surface area contributed by atoms with Crippen molar-refractivity contribution in [1.82, 2.24) is 4.90 Å². The molecule has 134 valence electrons. The topological polar surface area (TPSA) is 55.8 Å². The van der Waals surface area contributed by atoms with Crippen molar-refractivity contribution in [2.75, 3.05) is 33.0 Å². The van der Waals surface area contributed by atoms with Gasteiger partial charge >= 0.3 is 0 Å². The first kappa shape index (κ1) is 17.6. The third kappa shape index (κ3) is 3.42. The predicted molar refractivity (Wildman–Crippen MR) is 90.1 cm³/mol. The highest BCUT2D eigenvalue weighted by atomic mass is 16.5. The van der Waals surface area contributed by atoms with Crippen molar-refractivity contribution >= 4 is 11.8 Å². The smallest absolute Gasteiger partial charge is 0.233 e. The second kappa shape index (κ2) is 7.79. The van der Waals surface area contributed by atoms with Crippen LogP contribution in [0.3, 0.4) is 0 Å². The minimum absolute atomic E-state index is 0.0405. The van der Waals surface area contributed by atoms with Gasteiger partial charge in [-0.25, -0.2) is 0 Å². The fraction of sp³-hybridized carbons (Fsp3) is 0.789. The van der Waals surface area contributed by atoms with E-state index in [2.05, 4.69) is 26.0 Å². The Hall–Kier alpha value is -1.20. The number of fused-ring (bicyclic) bond motifs is 5. The Morgan fingerprint density at radius 3 is 2.33 bits per heavy atom. The number of rotatable bonds is 10. The maximum absolute atomic E-state index is 12.5.